The molecule has 6 heteroatoms. The van der Waals surface area contributed by atoms with Crippen molar-refractivity contribution in [2.24, 2.45) is 0 Å². The lowest BCUT2D eigenvalue weighted by molar-refractivity contribution is 0.252. The highest BCUT2D eigenvalue weighted by Gasteiger charge is 2.19. The van der Waals surface area contributed by atoms with Gasteiger partial charge in [-0.2, -0.15) is 0 Å². The van der Waals surface area contributed by atoms with Gasteiger partial charge in [-0.1, -0.05) is 48.5 Å². The van der Waals surface area contributed by atoms with Crippen molar-refractivity contribution in [3.8, 4) is 0 Å². The Kier molecular flexibility index (Phi) is 4.89. The summed E-state index contributed by atoms with van der Waals surface area (Å²) in [6, 6.07) is 18.2. The van der Waals surface area contributed by atoms with E-state index in [1.165, 1.54) is 22.3 Å². The number of thiazole rings is 1. The third kappa shape index (κ3) is 3.85. The topological polar surface area (TPSA) is 69.8 Å². The number of anilines is 1. The summed E-state index contributed by atoms with van der Waals surface area (Å²) in [6.45, 7) is 2.39. The molecule has 0 fully saturated rings. The van der Waals surface area contributed by atoms with Gasteiger partial charge in [0.1, 0.15) is 0 Å². The molecule has 2 aromatic heterocycles. The quantitative estimate of drug-likeness (QED) is 0.464. The Morgan fingerprint density at radius 1 is 1.15 bits per heavy atom. The van der Waals surface area contributed by atoms with Crippen LogP contribution in [0.2, 0.25) is 0 Å². The minimum atomic E-state index is -0.245. The molecule has 5 nitrogen and oxygen atoms in total. The van der Waals surface area contributed by atoms with Crippen molar-refractivity contribution in [2.45, 2.75) is 12.8 Å². The summed E-state index contributed by atoms with van der Waals surface area (Å²) in [6.07, 6.45) is 2.03. The molecule has 1 unspecified atom stereocenters. The average Bonchev–Trinajstić information content (AvgIpc) is 3.29. The fourth-order valence-corrected chi connectivity index (χ4v) is 3.91. The van der Waals surface area contributed by atoms with Gasteiger partial charge in [0.15, 0.2) is 5.13 Å². The van der Waals surface area contributed by atoms with E-state index in [9.17, 15) is 4.79 Å². The minimum absolute atomic E-state index is 0.0473. The number of fused-ring (bicyclic) bond motifs is 1. The van der Waals surface area contributed by atoms with Gasteiger partial charge in [-0.15, -0.1) is 11.3 Å². The summed E-state index contributed by atoms with van der Waals surface area (Å²) in [4.78, 5) is 19.9. The Hall–Kier alpha value is -3.12. The molecule has 0 radical (unpaired) electrons. The number of hydrogen-bond donors (Lipinski definition) is 3. The molecule has 0 aliphatic rings. The molecule has 0 spiro atoms. The van der Waals surface area contributed by atoms with Gasteiger partial charge in [-0.05, 0) is 24.1 Å². The van der Waals surface area contributed by atoms with Crippen molar-refractivity contribution in [1.82, 2.24) is 15.3 Å². The lowest BCUT2D eigenvalue weighted by Crippen LogP contribution is -2.32. The predicted molar refractivity (Wildman–Crippen MR) is 110 cm³/mol. The lowest BCUT2D eigenvalue weighted by atomic mass is 9.91. The normalized spacial score (nSPS) is 12.0. The zero-order valence-corrected chi connectivity index (χ0v) is 15.7. The number of amides is 2. The molecule has 4 aromatic rings. The Morgan fingerprint density at radius 3 is 2.70 bits per heavy atom. The molecule has 27 heavy (non-hydrogen) atoms. The summed E-state index contributed by atoms with van der Waals surface area (Å²) < 4.78 is 0. The van der Waals surface area contributed by atoms with Crippen molar-refractivity contribution < 1.29 is 4.79 Å². The molecule has 2 aromatic carbocycles. The summed E-state index contributed by atoms with van der Waals surface area (Å²) in [5.41, 5.74) is 4.32. The van der Waals surface area contributed by atoms with Gasteiger partial charge in [0.25, 0.3) is 0 Å². The van der Waals surface area contributed by atoms with Crippen LogP contribution >= 0.6 is 11.3 Å². The van der Waals surface area contributed by atoms with E-state index in [0.717, 1.165) is 16.8 Å². The highest BCUT2D eigenvalue weighted by Crippen LogP contribution is 2.30. The number of hydrogen-bond acceptors (Lipinski definition) is 3. The Balaban J connectivity index is 1.56. The van der Waals surface area contributed by atoms with Crippen molar-refractivity contribution in [3.63, 3.8) is 0 Å². The first-order chi connectivity index (χ1) is 13.2. The van der Waals surface area contributed by atoms with Crippen LogP contribution in [0.15, 0.2) is 66.2 Å². The zero-order chi connectivity index (χ0) is 18.6. The van der Waals surface area contributed by atoms with E-state index in [1.54, 1.807) is 0 Å². The average molecular weight is 376 g/mol. The fraction of sp³-hybridized carbons (Fsp3) is 0.143. The van der Waals surface area contributed by atoms with Gasteiger partial charge in [0.05, 0.1) is 5.69 Å². The van der Waals surface area contributed by atoms with Crippen LogP contribution in [0.25, 0.3) is 10.9 Å². The van der Waals surface area contributed by atoms with E-state index < -0.39 is 0 Å². The SMILES string of the molecule is Cc1csc(NC(=O)NCC(c2ccccc2)c2c[nH]c3ccccc23)n1. The van der Waals surface area contributed by atoms with Crippen molar-refractivity contribution in [3.05, 3.63) is 83.0 Å². The third-order valence-corrected chi connectivity index (χ3v) is 5.38. The van der Waals surface area contributed by atoms with Crippen LogP contribution in [0.1, 0.15) is 22.7 Å². The highest BCUT2D eigenvalue weighted by molar-refractivity contribution is 7.13. The number of carbonyl (C=O) groups is 1. The van der Waals surface area contributed by atoms with Crippen LogP contribution in [-0.2, 0) is 0 Å². The monoisotopic (exact) mass is 376 g/mol. The molecule has 0 aliphatic carbocycles. The molecule has 3 N–H and O–H groups in total. The van der Waals surface area contributed by atoms with Crippen molar-refractivity contribution in [1.29, 1.82) is 0 Å². The van der Waals surface area contributed by atoms with Crippen LogP contribution in [0.3, 0.4) is 0 Å². The Bertz CT molecular complexity index is 1050. The number of nitrogens with one attached hydrogen (secondary N) is 3. The number of aromatic nitrogens is 2. The van der Waals surface area contributed by atoms with Gasteiger partial charge >= 0.3 is 6.03 Å². The molecule has 2 heterocycles. The number of H-pyrrole nitrogens is 1. The summed E-state index contributed by atoms with van der Waals surface area (Å²) >= 11 is 1.42. The standard InChI is InChI=1S/C21H20N4OS/c1-14-13-27-21(24-14)25-20(26)23-11-17(15-7-3-2-4-8-15)18-12-22-19-10-6-5-9-16(18)19/h2-10,12-13,17,22H,11H2,1H3,(H2,23,24,25,26). The molecule has 136 valence electrons. The molecule has 1 atom stereocenters. The number of carbonyl (C=O) groups excluding carboxylic acids is 1. The lowest BCUT2D eigenvalue weighted by Gasteiger charge is -2.18. The van der Waals surface area contributed by atoms with Crippen LogP contribution in [0.5, 0.6) is 0 Å². The zero-order valence-electron chi connectivity index (χ0n) is 14.9. The molecule has 0 aliphatic heterocycles. The maximum absolute atomic E-state index is 12.3. The van der Waals surface area contributed by atoms with Gasteiger partial charge < -0.3 is 10.3 Å². The van der Waals surface area contributed by atoms with E-state index in [-0.39, 0.29) is 11.9 Å². The largest absolute Gasteiger partial charge is 0.361 e. The second kappa shape index (κ2) is 7.63. The Labute approximate surface area is 161 Å². The molecule has 0 bridgehead atoms. The number of urea groups is 1. The fourth-order valence-electron chi connectivity index (χ4n) is 3.22. The van der Waals surface area contributed by atoms with Crippen LogP contribution < -0.4 is 10.6 Å². The van der Waals surface area contributed by atoms with E-state index in [1.807, 2.05) is 48.8 Å². The molecule has 4 rings (SSSR count). The van der Waals surface area contributed by atoms with E-state index >= 15 is 0 Å². The maximum Gasteiger partial charge on any atom is 0.321 e. The van der Waals surface area contributed by atoms with Crippen molar-refractivity contribution in [2.75, 3.05) is 11.9 Å². The second-order valence-electron chi connectivity index (χ2n) is 6.38. The van der Waals surface area contributed by atoms with E-state index in [4.69, 9.17) is 0 Å². The summed E-state index contributed by atoms with van der Waals surface area (Å²) in [5.74, 6) is 0.0473. The van der Waals surface area contributed by atoms with Crippen molar-refractivity contribution >= 4 is 33.4 Å². The minimum Gasteiger partial charge on any atom is -0.361 e. The first-order valence-electron chi connectivity index (χ1n) is 8.78. The summed E-state index contributed by atoms with van der Waals surface area (Å²) in [5, 5.41) is 9.48. The number of aromatic amines is 1. The molecule has 2 amide bonds. The first-order valence-corrected chi connectivity index (χ1v) is 9.66. The molecular formula is C21H20N4OS. The van der Waals surface area contributed by atoms with Crippen LogP contribution in [0, 0.1) is 6.92 Å². The number of para-hydroxylation sites is 1. The number of aryl methyl sites for hydroxylation is 1. The van der Waals surface area contributed by atoms with E-state index in [2.05, 4.69) is 44.9 Å². The van der Waals surface area contributed by atoms with Gasteiger partial charge in [-0.3, -0.25) is 5.32 Å². The number of nitrogens with zero attached hydrogens (tertiary/aromatic N) is 1. The molecule has 0 saturated heterocycles. The number of rotatable bonds is 5. The molecule has 0 saturated carbocycles. The third-order valence-electron chi connectivity index (χ3n) is 4.50. The highest BCUT2D eigenvalue weighted by atomic mass is 32.1. The molecular weight excluding hydrogens is 356 g/mol. The van der Waals surface area contributed by atoms with Gasteiger partial charge in [-0.25, -0.2) is 9.78 Å². The van der Waals surface area contributed by atoms with Crippen LogP contribution in [-0.4, -0.2) is 22.5 Å². The number of benzene rings is 2. The first kappa shape index (κ1) is 17.3. The van der Waals surface area contributed by atoms with Crippen LogP contribution in [0.4, 0.5) is 9.93 Å². The Morgan fingerprint density at radius 2 is 1.93 bits per heavy atom. The second-order valence-corrected chi connectivity index (χ2v) is 7.24. The van der Waals surface area contributed by atoms with E-state index in [0.29, 0.717) is 11.7 Å². The van der Waals surface area contributed by atoms with Gasteiger partial charge in [0.2, 0.25) is 0 Å². The summed E-state index contributed by atoms with van der Waals surface area (Å²) in [7, 11) is 0. The maximum atomic E-state index is 12.3. The smallest absolute Gasteiger partial charge is 0.321 e. The predicted octanol–water partition coefficient (Wildman–Crippen LogP) is 4.89. The van der Waals surface area contributed by atoms with Gasteiger partial charge in [0, 0.05) is 34.9 Å².